The van der Waals surface area contributed by atoms with Crippen molar-refractivity contribution in [2.75, 3.05) is 26.2 Å². The lowest BCUT2D eigenvalue weighted by Gasteiger charge is -2.34. The molecular formula is C18H19FN4. The van der Waals surface area contributed by atoms with Gasteiger partial charge in [0, 0.05) is 51.7 Å². The maximum absolute atomic E-state index is 13.4. The Morgan fingerprint density at radius 1 is 1.04 bits per heavy atom. The second kappa shape index (κ2) is 7.32. The number of piperazine rings is 1. The van der Waals surface area contributed by atoms with Gasteiger partial charge in [-0.1, -0.05) is 12.1 Å². The van der Waals surface area contributed by atoms with Crippen LogP contribution in [0.25, 0.3) is 0 Å². The quantitative estimate of drug-likeness (QED) is 0.870. The van der Waals surface area contributed by atoms with Gasteiger partial charge in [-0.05, 0) is 29.3 Å². The number of aromatic nitrogens is 1. The lowest BCUT2D eigenvalue weighted by molar-refractivity contribution is 0.122. The van der Waals surface area contributed by atoms with Crippen LogP contribution >= 0.6 is 0 Å². The molecule has 0 spiro atoms. The van der Waals surface area contributed by atoms with E-state index in [9.17, 15) is 4.39 Å². The first kappa shape index (κ1) is 15.6. The smallest absolute Gasteiger partial charge is 0.140 e. The van der Waals surface area contributed by atoms with Gasteiger partial charge in [0.1, 0.15) is 11.9 Å². The molecule has 1 aromatic heterocycles. The van der Waals surface area contributed by atoms with Crippen molar-refractivity contribution in [3.8, 4) is 6.07 Å². The molecule has 5 heteroatoms. The van der Waals surface area contributed by atoms with E-state index in [1.54, 1.807) is 18.3 Å². The Hall–Kier alpha value is -2.29. The molecule has 0 radical (unpaired) electrons. The normalized spacial score (nSPS) is 16.2. The first-order valence-corrected chi connectivity index (χ1v) is 7.77. The van der Waals surface area contributed by atoms with E-state index < -0.39 is 5.82 Å². The number of hydrogen-bond donors (Lipinski definition) is 0. The molecule has 1 aliphatic rings. The number of halogens is 1. The van der Waals surface area contributed by atoms with Crippen LogP contribution in [0, 0.1) is 17.1 Å². The Morgan fingerprint density at radius 2 is 1.74 bits per heavy atom. The Bertz CT molecular complexity index is 688. The van der Waals surface area contributed by atoms with Crippen molar-refractivity contribution in [1.82, 2.24) is 14.8 Å². The molecule has 0 saturated carbocycles. The predicted octanol–water partition coefficient (Wildman–Crippen LogP) is 2.41. The number of rotatable bonds is 4. The molecule has 4 nitrogen and oxygen atoms in total. The largest absolute Gasteiger partial charge is 0.297 e. The number of hydrogen-bond acceptors (Lipinski definition) is 4. The van der Waals surface area contributed by atoms with Crippen LogP contribution in [0.1, 0.15) is 16.7 Å². The lowest BCUT2D eigenvalue weighted by Crippen LogP contribution is -2.45. The highest BCUT2D eigenvalue weighted by atomic mass is 19.1. The van der Waals surface area contributed by atoms with Crippen molar-refractivity contribution in [3.63, 3.8) is 0 Å². The molecule has 1 fully saturated rings. The van der Waals surface area contributed by atoms with Gasteiger partial charge < -0.3 is 0 Å². The molecule has 0 amide bonds. The van der Waals surface area contributed by atoms with Gasteiger partial charge in [0.2, 0.25) is 0 Å². The van der Waals surface area contributed by atoms with Crippen LogP contribution in [-0.2, 0) is 13.1 Å². The van der Waals surface area contributed by atoms with Crippen LogP contribution in [0.2, 0.25) is 0 Å². The van der Waals surface area contributed by atoms with Gasteiger partial charge in [-0.15, -0.1) is 0 Å². The predicted molar refractivity (Wildman–Crippen MR) is 85.9 cm³/mol. The molecule has 1 aliphatic heterocycles. The van der Waals surface area contributed by atoms with Crippen LogP contribution in [0.15, 0.2) is 42.7 Å². The summed E-state index contributed by atoms with van der Waals surface area (Å²) in [5.74, 6) is -0.447. The zero-order valence-corrected chi connectivity index (χ0v) is 13.0. The van der Waals surface area contributed by atoms with Crippen molar-refractivity contribution in [2.45, 2.75) is 13.1 Å². The Labute approximate surface area is 135 Å². The monoisotopic (exact) mass is 310 g/mol. The highest BCUT2D eigenvalue weighted by Gasteiger charge is 2.17. The fourth-order valence-electron chi connectivity index (χ4n) is 2.87. The van der Waals surface area contributed by atoms with E-state index in [1.807, 2.05) is 18.3 Å². The summed E-state index contributed by atoms with van der Waals surface area (Å²) in [7, 11) is 0. The van der Waals surface area contributed by atoms with E-state index in [4.69, 9.17) is 5.26 Å². The molecule has 1 saturated heterocycles. The fourth-order valence-corrected chi connectivity index (χ4v) is 2.87. The van der Waals surface area contributed by atoms with Crippen molar-refractivity contribution >= 4 is 0 Å². The molecule has 0 unspecified atom stereocenters. The van der Waals surface area contributed by atoms with Crippen LogP contribution in [0.4, 0.5) is 4.39 Å². The molecule has 1 aromatic carbocycles. The minimum absolute atomic E-state index is 0.123. The topological polar surface area (TPSA) is 43.2 Å². The van der Waals surface area contributed by atoms with Gasteiger partial charge in [0.05, 0.1) is 5.56 Å². The second-order valence-corrected chi connectivity index (χ2v) is 5.84. The Morgan fingerprint density at radius 3 is 2.35 bits per heavy atom. The average molecular weight is 310 g/mol. The van der Waals surface area contributed by atoms with Crippen molar-refractivity contribution in [1.29, 1.82) is 5.26 Å². The van der Waals surface area contributed by atoms with Gasteiger partial charge in [0.25, 0.3) is 0 Å². The Balaban J connectivity index is 1.52. The Kier molecular flexibility index (Phi) is 4.96. The number of benzene rings is 1. The molecule has 0 N–H and O–H groups in total. The van der Waals surface area contributed by atoms with E-state index in [0.29, 0.717) is 0 Å². The molecule has 118 valence electrons. The minimum atomic E-state index is -0.447. The van der Waals surface area contributed by atoms with Crippen molar-refractivity contribution in [2.24, 2.45) is 0 Å². The number of pyridine rings is 1. The first-order chi connectivity index (χ1) is 11.2. The third kappa shape index (κ3) is 4.13. The van der Waals surface area contributed by atoms with Crippen molar-refractivity contribution < 1.29 is 4.39 Å². The molecule has 3 rings (SSSR count). The molecular weight excluding hydrogens is 291 g/mol. The maximum Gasteiger partial charge on any atom is 0.140 e. The summed E-state index contributed by atoms with van der Waals surface area (Å²) in [5, 5.41) is 8.91. The molecule has 0 atom stereocenters. The van der Waals surface area contributed by atoms with E-state index in [2.05, 4.69) is 20.9 Å². The van der Waals surface area contributed by atoms with Gasteiger partial charge >= 0.3 is 0 Å². The fraction of sp³-hybridized carbons (Fsp3) is 0.333. The molecule has 2 heterocycles. The molecule has 23 heavy (non-hydrogen) atoms. The summed E-state index contributed by atoms with van der Waals surface area (Å²) >= 11 is 0. The summed E-state index contributed by atoms with van der Waals surface area (Å²) in [6, 6.07) is 10.8. The highest BCUT2D eigenvalue weighted by molar-refractivity contribution is 5.34. The second-order valence-electron chi connectivity index (χ2n) is 5.84. The zero-order valence-electron chi connectivity index (χ0n) is 13.0. The van der Waals surface area contributed by atoms with Crippen LogP contribution in [-0.4, -0.2) is 41.0 Å². The first-order valence-electron chi connectivity index (χ1n) is 7.77. The minimum Gasteiger partial charge on any atom is -0.297 e. The van der Waals surface area contributed by atoms with Crippen LogP contribution in [0.3, 0.4) is 0 Å². The summed E-state index contributed by atoms with van der Waals surface area (Å²) < 4.78 is 13.4. The van der Waals surface area contributed by atoms with Crippen LogP contribution in [0.5, 0.6) is 0 Å². The lowest BCUT2D eigenvalue weighted by atomic mass is 10.1. The highest BCUT2D eigenvalue weighted by Crippen LogP contribution is 2.14. The van der Waals surface area contributed by atoms with Gasteiger partial charge in [-0.2, -0.15) is 5.26 Å². The van der Waals surface area contributed by atoms with Gasteiger partial charge in [-0.25, -0.2) is 4.39 Å². The third-order valence-electron chi connectivity index (χ3n) is 4.15. The standard InChI is InChI=1S/C18H19FN4/c19-18-4-3-15(10-17(18)11-20)13-22-6-8-23(9-7-22)14-16-2-1-5-21-12-16/h1-5,10,12H,6-9,13-14H2. The molecule has 0 aliphatic carbocycles. The maximum atomic E-state index is 13.4. The van der Waals surface area contributed by atoms with Gasteiger partial charge in [0.15, 0.2) is 0 Å². The van der Waals surface area contributed by atoms with E-state index in [0.717, 1.165) is 44.8 Å². The summed E-state index contributed by atoms with van der Waals surface area (Å²) in [6.07, 6.45) is 3.70. The molecule has 2 aromatic rings. The van der Waals surface area contributed by atoms with E-state index >= 15 is 0 Å². The zero-order chi connectivity index (χ0) is 16.1. The van der Waals surface area contributed by atoms with E-state index in [1.165, 1.54) is 11.6 Å². The van der Waals surface area contributed by atoms with Gasteiger partial charge in [-0.3, -0.25) is 14.8 Å². The SMILES string of the molecule is N#Cc1cc(CN2CCN(Cc3cccnc3)CC2)ccc1F. The number of nitriles is 1. The summed E-state index contributed by atoms with van der Waals surface area (Å²) in [5.41, 5.74) is 2.35. The summed E-state index contributed by atoms with van der Waals surface area (Å²) in [4.78, 5) is 8.91. The molecule has 0 bridgehead atoms. The van der Waals surface area contributed by atoms with Crippen LogP contribution < -0.4 is 0 Å². The number of nitrogens with zero attached hydrogens (tertiary/aromatic N) is 4. The van der Waals surface area contributed by atoms with E-state index in [-0.39, 0.29) is 5.56 Å². The summed E-state index contributed by atoms with van der Waals surface area (Å²) in [6.45, 7) is 5.63. The average Bonchev–Trinajstić information content (AvgIpc) is 2.59. The van der Waals surface area contributed by atoms with Crippen molar-refractivity contribution in [3.05, 3.63) is 65.2 Å². The third-order valence-corrected chi connectivity index (χ3v) is 4.15.